The normalized spacial score (nSPS) is 14.6. The van der Waals surface area contributed by atoms with Crippen LogP contribution >= 0.6 is 11.3 Å². The quantitative estimate of drug-likeness (QED) is 0.580. The van der Waals surface area contributed by atoms with Crippen LogP contribution in [-0.2, 0) is 28.9 Å². The van der Waals surface area contributed by atoms with Crippen LogP contribution in [-0.4, -0.2) is 15.5 Å². The summed E-state index contributed by atoms with van der Waals surface area (Å²) in [5, 5.41) is 0.663. The molecule has 8 heteroatoms. The number of hydrogen-bond acceptors (Lipinski definition) is 5. The summed E-state index contributed by atoms with van der Waals surface area (Å²) in [6.45, 7) is 1.59. The number of rotatable bonds is 5. The van der Waals surface area contributed by atoms with Crippen LogP contribution in [0.15, 0.2) is 29.3 Å². The summed E-state index contributed by atoms with van der Waals surface area (Å²) in [6.07, 6.45) is 4.51. The minimum atomic E-state index is -0.931. The SMILES string of the molecule is CC(OC(=O)CCn1cnc2sc3c(c2c1=O)CCCC3)c1cc(F)ccc1F. The lowest BCUT2D eigenvalue weighted by atomic mass is 9.97. The predicted octanol–water partition coefficient (Wildman–Crippen LogP) is 4.31. The molecule has 0 aliphatic heterocycles. The monoisotopic (exact) mass is 418 g/mol. The van der Waals surface area contributed by atoms with Gasteiger partial charge in [0.2, 0.25) is 0 Å². The molecule has 2 heterocycles. The van der Waals surface area contributed by atoms with Crippen molar-refractivity contribution in [3.8, 4) is 0 Å². The number of thiophene rings is 1. The zero-order chi connectivity index (χ0) is 20.5. The zero-order valence-electron chi connectivity index (χ0n) is 15.9. The molecule has 0 amide bonds. The number of fused-ring (bicyclic) bond motifs is 3. The Labute approximate surface area is 170 Å². The number of hydrogen-bond donors (Lipinski definition) is 0. The smallest absolute Gasteiger partial charge is 0.308 e. The highest BCUT2D eigenvalue weighted by Gasteiger charge is 2.21. The molecule has 1 aliphatic carbocycles. The van der Waals surface area contributed by atoms with Crippen molar-refractivity contribution in [3.05, 3.63) is 62.5 Å². The third-order valence-electron chi connectivity index (χ3n) is 5.20. The fraction of sp³-hybridized carbons (Fsp3) is 0.381. The van der Waals surface area contributed by atoms with Crippen LogP contribution in [0.5, 0.6) is 0 Å². The first-order valence-corrected chi connectivity index (χ1v) is 10.4. The van der Waals surface area contributed by atoms with Gasteiger partial charge in [0.25, 0.3) is 5.56 Å². The van der Waals surface area contributed by atoms with E-state index >= 15 is 0 Å². The zero-order valence-corrected chi connectivity index (χ0v) is 16.7. The van der Waals surface area contributed by atoms with E-state index in [-0.39, 0.29) is 24.1 Å². The van der Waals surface area contributed by atoms with Crippen molar-refractivity contribution in [3.63, 3.8) is 0 Å². The Morgan fingerprint density at radius 3 is 2.93 bits per heavy atom. The molecular formula is C21H20F2N2O3S. The number of halogens is 2. The lowest BCUT2D eigenvalue weighted by Gasteiger charge is -2.15. The van der Waals surface area contributed by atoms with E-state index in [0.29, 0.717) is 5.39 Å². The molecule has 152 valence electrons. The maximum Gasteiger partial charge on any atom is 0.308 e. The molecule has 0 radical (unpaired) electrons. The molecule has 4 rings (SSSR count). The second-order valence-electron chi connectivity index (χ2n) is 7.18. The van der Waals surface area contributed by atoms with E-state index in [9.17, 15) is 18.4 Å². The Morgan fingerprint density at radius 1 is 1.31 bits per heavy atom. The van der Waals surface area contributed by atoms with Gasteiger partial charge < -0.3 is 4.74 Å². The maximum atomic E-state index is 13.8. The number of carbonyl (C=O) groups excluding carboxylic acids is 1. The molecule has 1 aromatic carbocycles. The van der Waals surface area contributed by atoms with E-state index in [4.69, 9.17) is 4.74 Å². The van der Waals surface area contributed by atoms with Crippen molar-refractivity contribution < 1.29 is 18.3 Å². The molecule has 1 unspecified atom stereocenters. The molecule has 3 aromatic rings. The van der Waals surface area contributed by atoms with Gasteiger partial charge in [-0.1, -0.05) is 0 Å². The van der Waals surface area contributed by atoms with Crippen LogP contribution in [0.1, 0.15) is 48.3 Å². The van der Waals surface area contributed by atoms with Crippen molar-refractivity contribution in [2.75, 3.05) is 0 Å². The average molecular weight is 418 g/mol. The van der Waals surface area contributed by atoms with E-state index in [1.54, 1.807) is 11.3 Å². The highest BCUT2D eigenvalue weighted by Crippen LogP contribution is 2.33. The van der Waals surface area contributed by atoms with Crippen LogP contribution in [0.3, 0.4) is 0 Å². The van der Waals surface area contributed by atoms with Gasteiger partial charge in [-0.2, -0.15) is 0 Å². The highest BCUT2D eigenvalue weighted by atomic mass is 32.1. The van der Waals surface area contributed by atoms with Crippen molar-refractivity contribution >= 4 is 27.5 Å². The fourth-order valence-corrected chi connectivity index (χ4v) is 4.92. The van der Waals surface area contributed by atoms with Crippen LogP contribution in [0.25, 0.3) is 10.2 Å². The standard InChI is InChI=1S/C21H20F2N2O3S/c1-12(15-10-13(22)6-7-16(15)23)28-18(26)8-9-25-11-24-20-19(21(25)27)14-4-2-3-5-17(14)29-20/h6-7,10-12H,2-5,8-9H2,1H3. The van der Waals surface area contributed by atoms with Gasteiger partial charge in [-0.15, -0.1) is 11.3 Å². The summed E-state index contributed by atoms with van der Waals surface area (Å²) in [5.74, 6) is -1.84. The van der Waals surface area contributed by atoms with Gasteiger partial charge >= 0.3 is 5.97 Å². The molecule has 0 saturated heterocycles. The largest absolute Gasteiger partial charge is 0.458 e. The number of aromatic nitrogens is 2. The van der Waals surface area contributed by atoms with Crippen molar-refractivity contribution in [1.82, 2.24) is 9.55 Å². The van der Waals surface area contributed by atoms with Crippen molar-refractivity contribution in [2.45, 2.75) is 51.7 Å². The number of nitrogens with zero attached hydrogens (tertiary/aromatic N) is 2. The number of aryl methyl sites for hydroxylation is 3. The molecule has 0 bridgehead atoms. The minimum Gasteiger partial charge on any atom is -0.458 e. The van der Waals surface area contributed by atoms with E-state index in [1.165, 1.54) is 22.7 Å². The minimum absolute atomic E-state index is 0.0245. The number of ether oxygens (including phenoxy) is 1. The van der Waals surface area contributed by atoms with Gasteiger partial charge in [-0.05, 0) is 56.4 Å². The molecule has 0 spiro atoms. The third-order valence-corrected chi connectivity index (χ3v) is 6.40. The van der Waals surface area contributed by atoms with Crippen LogP contribution in [0.4, 0.5) is 8.78 Å². The lowest BCUT2D eigenvalue weighted by molar-refractivity contribution is -0.149. The number of carbonyl (C=O) groups is 1. The molecule has 5 nitrogen and oxygen atoms in total. The molecule has 0 N–H and O–H groups in total. The Kier molecular flexibility index (Phi) is 5.45. The third kappa shape index (κ3) is 3.94. The summed E-state index contributed by atoms with van der Waals surface area (Å²) in [4.78, 5) is 31.4. The van der Waals surface area contributed by atoms with Gasteiger partial charge in [-0.3, -0.25) is 14.2 Å². The number of benzene rings is 1. The van der Waals surface area contributed by atoms with Crippen molar-refractivity contribution in [2.24, 2.45) is 0 Å². The van der Waals surface area contributed by atoms with Crippen LogP contribution in [0.2, 0.25) is 0 Å². The van der Waals surface area contributed by atoms with Gasteiger partial charge in [0, 0.05) is 17.0 Å². The van der Waals surface area contributed by atoms with Gasteiger partial charge in [-0.25, -0.2) is 13.8 Å². The van der Waals surface area contributed by atoms with Gasteiger partial charge in [0.1, 0.15) is 22.6 Å². The first-order valence-electron chi connectivity index (χ1n) is 9.58. The van der Waals surface area contributed by atoms with Crippen LogP contribution < -0.4 is 5.56 Å². The Bertz CT molecular complexity index is 1140. The van der Waals surface area contributed by atoms with Gasteiger partial charge in [0.15, 0.2) is 0 Å². The molecule has 0 fully saturated rings. The average Bonchev–Trinajstić information content (AvgIpc) is 3.08. The Morgan fingerprint density at radius 2 is 2.10 bits per heavy atom. The van der Waals surface area contributed by atoms with Gasteiger partial charge in [0.05, 0.1) is 18.1 Å². The maximum absolute atomic E-state index is 13.8. The van der Waals surface area contributed by atoms with Crippen molar-refractivity contribution in [1.29, 1.82) is 0 Å². The molecular weight excluding hydrogens is 398 g/mol. The molecule has 1 atom stereocenters. The van der Waals surface area contributed by atoms with E-state index < -0.39 is 23.7 Å². The summed E-state index contributed by atoms with van der Waals surface area (Å²) >= 11 is 1.57. The van der Waals surface area contributed by atoms with Crippen LogP contribution in [0, 0.1) is 11.6 Å². The Balaban J connectivity index is 1.47. The summed E-state index contributed by atoms with van der Waals surface area (Å²) in [7, 11) is 0. The Hall–Kier alpha value is -2.61. The fourth-order valence-electron chi connectivity index (χ4n) is 3.70. The lowest BCUT2D eigenvalue weighted by Crippen LogP contribution is -2.23. The molecule has 2 aromatic heterocycles. The summed E-state index contributed by atoms with van der Waals surface area (Å²) < 4.78 is 33.8. The van der Waals surface area contributed by atoms with E-state index in [0.717, 1.165) is 54.3 Å². The predicted molar refractivity (Wildman–Crippen MR) is 106 cm³/mol. The van der Waals surface area contributed by atoms with E-state index in [1.807, 2.05) is 0 Å². The first kappa shape index (κ1) is 19.7. The second kappa shape index (κ2) is 8.02. The highest BCUT2D eigenvalue weighted by molar-refractivity contribution is 7.18. The van der Waals surface area contributed by atoms with E-state index in [2.05, 4.69) is 4.98 Å². The molecule has 1 aliphatic rings. The second-order valence-corrected chi connectivity index (χ2v) is 8.27. The molecule has 0 saturated carbocycles. The summed E-state index contributed by atoms with van der Waals surface area (Å²) in [5.41, 5.74) is 0.927. The topological polar surface area (TPSA) is 61.2 Å². The first-order chi connectivity index (χ1) is 13.9. The molecule has 29 heavy (non-hydrogen) atoms. The number of esters is 1. The summed E-state index contributed by atoms with van der Waals surface area (Å²) in [6, 6.07) is 3.01.